The summed E-state index contributed by atoms with van der Waals surface area (Å²) in [6.07, 6.45) is 10.6. The molecule has 2 aliphatic carbocycles. The average Bonchev–Trinajstić information content (AvgIpc) is 3.20. The van der Waals surface area contributed by atoms with E-state index in [1.165, 1.54) is 12.8 Å². The highest BCUT2D eigenvalue weighted by atomic mass is 16.2. The summed E-state index contributed by atoms with van der Waals surface area (Å²) in [5, 5.41) is 6.28. The Kier molecular flexibility index (Phi) is 6.64. The average molecular weight is 357 g/mol. The van der Waals surface area contributed by atoms with Crippen molar-refractivity contribution >= 4 is 11.8 Å². The lowest BCUT2D eigenvalue weighted by Crippen LogP contribution is -2.37. The Balaban J connectivity index is 1.49. The zero-order valence-electron chi connectivity index (χ0n) is 15.7. The molecule has 1 unspecified atom stereocenters. The van der Waals surface area contributed by atoms with Gasteiger partial charge < -0.3 is 10.6 Å². The van der Waals surface area contributed by atoms with Crippen LogP contribution in [0.4, 0.5) is 0 Å². The van der Waals surface area contributed by atoms with Gasteiger partial charge >= 0.3 is 0 Å². The molecule has 26 heavy (non-hydrogen) atoms. The number of hydrogen-bond acceptors (Lipinski definition) is 3. The predicted octanol–water partition coefficient (Wildman–Crippen LogP) is 3.37. The third-order valence-corrected chi connectivity index (χ3v) is 6.02. The topological polar surface area (TPSA) is 71.1 Å². The van der Waals surface area contributed by atoms with E-state index in [1.807, 2.05) is 18.2 Å². The molecule has 5 nitrogen and oxygen atoms in total. The third kappa shape index (κ3) is 5.05. The normalized spacial score (nSPS) is 24.8. The number of aromatic nitrogens is 1. The van der Waals surface area contributed by atoms with Crippen molar-refractivity contribution in [2.24, 2.45) is 17.8 Å². The second-order valence-electron chi connectivity index (χ2n) is 7.94. The molecular formula is C21H31N3O2. The molecular weight excluding hydrogens is 326 g/mol. The molecule has 1 aromatic rings. The van der Waals surface area contributed by atoms with Gasteiger partial charge in [0.15, 0.2) is 0 Å². The maximum absolute atomic E-state index is 12.2. The van der Waals surface area contributed by atoms with E-state index in [0.29, 0.717) is 11.8 Å². The number of nitrogens with zero attached hydrogens (tertiary/aromatic N) is 1. The molecule has 0 spiro atoms. The van der Waals surface area contributed by atoms with Crippen LogP contribution >= 0.6 is 0 Å². The largest absolute Gasteiger partial charge is 0.356 e. The van der Waals surface area contributed by atoms with Crippen LogP contribution in [0.2, 0.25) is 0 Å². The maximum atomic E-state index is 12.2. The summed E-state index contributed by atoms with van der Waals surface area (Å²) in [5.41, 5.74) is 0.945. The standard InChI is InChI=1S/C21H31N3O2/c1-15(25)24-20(19-8-4-5-13-22-19)17-11-9-16(10-12-17)14-23-21(26)18-6-2-3-7-18/h4-5,8,13,16-18,20H,2-3,6-7,9-12,14H2,1H3,(H,23,26)(H,24,25). The second-order valence-corrected chi connectivity index (χ2v) is 7.94. The van der Waals surface area contributed by atoms with Crippen LogP contribution in [0.3, 0.4) is 0 Å². The van der Waals surface area contributed by atoms with Crippen molar-refractivity contribution in [3.63, 3.8) is 0 Å². The summed E-state index contributed by atoms with van der Waals surface area (Å²) >= 11 is 0. The number of nitrogens with one attached hydrogen (secondary N) is 2. The first-order valence-electron chi connectivity index (χ1n) is 10.1. The van der Waals surface area contributed by atoms with Gasteiger partial charge in [-0.2, -0.15) is 0 Å². The fraction of sp³-hybridized carbons (Fsp3) is 0.667. The van der Waals surface area contributed by atoms with E-state index in [1.54, 1.807) is 13.1 Å². The number of hydrogen-bond donors (Lipinski definition) is 2. The van der Waals surface area contributed by atoms with Crippen molar-refractivity contribution < 1.29 is 9.59 Å². The van der Waals surface area contributed by atoms with Crippen LogP contribution in [0.15, 0.2) is 24.4 Å². The fourth-order valence-corrected chi connectivity index (χ4v) is 4.52. The molecule has 0 bridgehead atoms. The highest BCUT2D eigenvalue weighted by Crippen LogP contribution is 2.36. The smallest absolute Gasteiger partial charge is 0.223 e. The molecule has 2 N–H and O–H groups in total. The molecule has 0 saturated heterocycles. The van der Waals surface area contributed by atoms with Crippen molar-refractivity contribution in [1.29, 1.82) is 0 Å². The number of amides is 2. The Morgan fingerprint density at radius 1 is 1.12 bits per heavy atom. The van der Waals surface area contributed by atoms with Gasteiger partial charge in [0.05, 0.1) is 11.7 Å². The van der Waals surface area contributed by atoms with Gasteiger partial charge in [-0.1, -0.05) is 18.9 Å². The molecule has 1 atom stereocenters. The first kappa shape index (κ1) is 18.9. The van der Waals surface area contributed by atoms with Crippen LogP contribution in [-0.2, 0) is 9.59 Å². The van der Waals surface area contributed by atoms with Crippen LogP contribution < -0.4 is 10.6 Å². The zero-order valence-corrected chi connectivity index (χ0v) is 15.7. The summed E-state index contributed by atoms with van der Waals surface area (Å²) in [6.45, 7) is 2.37. The number of pyridine rings is 1. The van der Waals surface area contributed by atoms with Gasteiger partial charge in [-0.3, -0.25) is 14.6 Å². The van der Waals surface area contributed by atoms with Crippen LogP contribution in [0.5, 0.6) is 0 Å². The fourth-order valence-electron chi connectivity index (χ4n) is 4.52. The third-order valence-electron chi connectivity index (χ3n) is 6.02. The van der Waals surface area contributed by atoms with E-state index in [4.69, 9.17) is 0 Å². The lowest BCUT2D eigenvalue weighted by atomic mass is 9.77. The van der Waals surface area contributed by atoms with Crippen molar-refractivity contribution in [1.82, 2.24) is 15.6 Å². The van der Waals surface area contributed by atoms with Gasteiger partial charge in [-0.05, 0) is 62.5 Å². The van der Waals surface area contributed by atoms with Crippen LogP contribution in [0, 0.1) is 17.8 Å². The monoisotopic (exact) mass is 357 g/mol. The molecule has 2 aliphatic rings. The van der Waals surface area contributed by atoms with Crippen molar-refractivity contribution in [2.75, 3.05) is 6.54 Å². The van der Waals surface area contributed by atoms with Gasteiger partial charge in [0.25, 0.3) is 0 Å². The minimum atomic E-state index is -0.0114. The maximum Gasteiger partial charge on any atom is 0.223 e. The molecule has 2 amide bonds. The SMILES string of the molecule is CC(=O)NC(c1ccccn1)C1CCC(CNC(=O)C2CCCC2)CC1. The highest BCUT2D eigenvalue weighted by Gasteiger charge is 2.30. The van der Waals surface area contributed by atoms with Gasteiger partial charge in [0.2, 0.25) is 11.8 Å². The van der Waals surface area contributed by atoms with Crippen molar-refractivity contribution in [3.8, 4) is 0 Å². The van der Waals surface area contributed by atoms with E-state index >= 15 is 0 Å². The Labute approximate surface area is 156 Å². The minimum absolute atomic E-state index is 0.00777. The molecule has 5 heteroatoms. The van der Waals surface area contributed by atoms with Crippen molar-refractivity contribution in [2.45, 2.75) is 64.3 Å². The molecule has 0 radical (unpaired) electrons. The molecule has 0 aromatic carbocycles. The van der Waals surface area contributed by atoms with Crippen LogP contribution in [0.1, 0.15) is 70.0 Å². The van der Waals surface area contributed by atoms with E-state index in [2.05, 4.69) is 15.6 Å². The lowest BCUT2D eigenvalue weighted by Gasteiger charge is -2.34. The number of carbonyl (C=O) groups excluding carboxylic acids is 2. The predicted molar refractivity (Wildman–Crippen MR) is 101 cm³/mol. The van der Waals surface area contributed by atoms with Gasteiger partial charge in [-0.15, -0.1) is 0 Å². The Hall–Kier alpha value is -1.91. The Morgan fingerprint density at radius 2 is 1.85 bits per heavy atom. The van der Waals surface area contributed by atoms with E-state index in [-0.39, 0.29) is 23.8 Å². The summed E-state index contributed by atoms with van der Waals surface area (Å²) in [4.78, 5) is 28.3. The number of rotatable bonds is 6. The number of carbonyl (C=O) groups is 2. The van der Waals surface area contributed by atoms with Crippen molar-refractivity contribution in [3.05, 3.63) is 30.1 Å². The minimum Gasteiger partial charge on any atom is -0.356 e. The van der Waals surface area contributed by atoms with E-state index < -0.39 is 0 Å². The van der Waals surface area contributed by atoms with E-state index in [9.17, 15) is 9.59 Å². The highest BCUT2D eigenvalue weighted by molar-refractivity contribution is 5.78. The molecule has 0 aliphatic heterocycles. The molecule has 2 saturated carbocycles. The molecule has 2 fully saturated rings. The summed E-state index contributed by atoms with van der Waals surface area (Å²) in [5.74, 6) is 1.47. The van der Waals surface area contributed by atoms with Gasteiger partial charge in [0.1, 0.15) is 0 Å². The Bertz CT molecular complexity index is 591. The zero-order chi connectivity index (χ0) is 18.4. The summed E-state index contributed by atoms with van der Waals surface area (Å²) in [6, 6.07) is 5.86. The summed E-state index contributed by atoms with van der Waals surface area (Å²) < 4.78 is 0. The van der Waals surface area contributed by atoms with Crippen LogP contribution in [-0.4, -0.2) is 23.3 Å². The molecule has 1 heterocycles. The molecule has 3 rings (SSSR count). The van der Waals surface area contributed by atoms with Crippen LogP contribution in [0.25, 0.3) is 0 Å². The molecule has 1 aromatic heterocycles. The quantitative estimate of drug-likeness (QED) is 0.820. The molecule has 142 valence electrons. The van der Waals surface area contributed by atoms with Gasteiger partial charge in [-0.25, -0.2) is 0 Å². The van der Waals surface area contributed by atoms with Gasteiger partial charge in [0, 0.05) is 25.6 Å². The Morgan fingerprint density at radius 3 is 2.46 bits per heavy atom. The summed E-state index contributed by atoms with van der Waals surface area (Å²) in [7, 11) is 0. The second kappa shape index (κ2) is 9.15. The van der Waals surface area contributed by atoms with E-state index in [0.717, 1.165) is 50.8 Å². The first-order valence-corrected chi connectivity index (χ1v) is 10.1. The lowest BCUT2D eigenvalue weighted by molar-refractivity contribution is -0.125. The first-order chi connectivity index (χ1) is 12.6.